The summed E-state index contributed by atoms with van der Waals surface area (Å²) >= 11 is 0. The molecule has 2 heterocycles. The summed E-state index contributed by atoms with van der Waals surface area (Å²) in [6, 6.07) is 2.90. The van der Waals surface area contributed by atoms with E-state index in [4.69, 9.17) is 0 Å². The lowest BCUT2D eigenvalue weighted by Crippen LogP contribution is -2.22. The minimum absolute atomic E-state index is 0.0611. The van der Waals surface area contributed by atoms with Gasteiger partial charge in [0.15, 0.2) is 0 Å². The Morgan fingerprint density at radius 3 is 2.62 bits per heavy atom. The first-order valence-electron chi connectivity index (χ1n) is 4.16. The van der Waals surface area contributed by atoms with Crippen LogP contribution in [0.15, 0.2) is 18.2 Å². The highest BCUT2D eigenvalue weighted by Crippen LogP contribution is 2.28. The largest absolute Gasteiger partial charge is 0.543 e. The van der Waals surface area contributed by atoms with Crippen LogP contribution in [0.5, 0.6) is 0 Å². The average molecular weight is 229 g/mol. The number of hydrogen-bond donors (Lipinski definition) is 1. The number of hydrogen-bond acceptors (Lipinski definition) is 3. The van der Waals surface area contributed by atoms with Crippen LogP contribution in [-0.2, 0) is 6.18 Å². The van der Waals surface area contributed by atoms with Gasteiger partial charge in [0.25, 0.3) is 0 Å². The number of H-pyrrole nitrogens is 1. The number of halogens is 3. The van der Waals surface area contributed by atoms with Crippen LogP contribution in [0.1, 0.15) is 16.2 Å². The van der Waals surface area contributed by atoms with Gasteiger partial charge < -0.3 is 14.9 Å². The van der Waals surface area contributed by atoms with E-state index in [1.165, 1.54) is 0 Å². The van der Waals surface area contributed by atoms with E-state index in [2.05, 4.69) is 9.97 Å². The number of aromatic nitrogens is 2. The van der Waals surface area contributed by atoms with Crippen molar-refractivity contribution >= 4 is 17.0 Å². The molecular weight excluding hydrogens is 225 g/mol. The molecule has 0 unspecified atom stereocenters. The minimum atomic E-state index is -4.55. The zero-order valence-electron chi connectivity index (χ0n) is 7.63. The number of carbonyl (C=O) groups is 1. The molecular formula is C9H4F3N2O2-. The number of pyridine rings is 1. The maximum atomic E-state index is 12.3. The van der Waals surface area contributed by atoms with Gasteiger partial charge in [-0.15, -0.1) is 0 Å². The molecule has 0 saturated heterocycles. The summed E-state index contributed by atoms with van der Waals surface area (Å²) in [5.41, 5.74) is -1.22. The molecule has 0 saturated carbocycles. The molecule has 2 aromatic rings. The highest BCUT2D eigenvalue weighted by Gasteiger charge is 2.32. The van der Waals surface area contributed by atoms with Gasteiger partial charge in [0.05, 0.1) is 22.7 Å². The van der Waals surface area contributed by atoms with Crippen molar-refractivity contribution in [3.8, 4) is 0 Å². The number of nitrogens with zero attached hydrogens (tertiary/aromatic N) is 1. The SMILES string of the molecule is O=C([O-])c1cc2nc(C(F)(F)F)ccc2[nH]1. The summed E-state index contributed by atoms with van der Waals surface area (Å²) in [6.45, 7) is 0. The number of alkyl halides is 3. The van der Waals surface area contributed by atoms with Gasteiger partial charge in [0.2, 0.25) is 0 Å². The molecule has 2 aromatic heterocycles. The number of nitrogens with one attached hydrogen (secondary N) is 1. The first-order chi connectivity index (χ1) is 7.38. The zero-order chi connectivity index (χ0) is 11.9. The quantitative estimate of drug-likeness (QED) is 0.791. The van der Waals surface area contributed by atoms with Crippen molar-refractivity contribution in [2.45, 2.75) is 6.18 Å². The third-order valence-electron chi connectivity index (χ3n) is 1.99. The van der Waals surface area contributed by atoms with Crippen LogP contribution in [0.2, 0.25) is 0 Å². The Hall–Kier alpha value is -2.05. The Kier molecular flexibility index (Phi) is 2.11. The van der Waals surface area contributed by atoms with E-state index in [0.29, 0.717) is 0 Å². The van der Waals surface area contributed by atoms with E-state index in [0.717, 1.165) is 18.2 Å². The number of fused-ring (bicyclic) bond motifs is 1. The summed E-state index contributed by atoms with van der Waals surface area (Å²) in [4.78, 5) is 16.1. The molecule has 4 nitrogen and oxygen atoms in total. The third-order valence-corrected chi connectivity index (χ3v) is 1.99. The molecule has 0 aliphatic heterocycles. The zero-order valence-corrected chi connectivity index (χ0v) is 7.63. The maximum Gasteiger partial charge on any atom is 0.433 e. The molecule has 0 aliphatic carbocycles. The Morgan fingerprint density at radius 1 is 1.38 bits per heavy atom. The molecule has 0 atom stereocenters. The van der Waals surface area contributed by atoms with Crippen LogP contribution in [0.3, 0.4) is 0 Å². The van der Waals surface area contributed by atoms with Crippen LogP contribution in [0.25, 0.3) is 11.0 Å². The number of rotatable bonds is 1. The lowest BCUT2D eigenvalue weighted by Gasteiger charge is -2.04. The Bertz CT molecular complexity index is 559. The topological polar surface area (TPSA) is 68.8 Å². The number of carboxylic acid groups (broad SMARTS) is 1. The van der Waals surface area contributed by atoms with Crippen molar-refractivity contribution in [1.82, 2.24) is 9.97 Å². The monoisotopic (exact) mass is 229 g/mol. The van der Waals surface area contributed by atoms with Crippen molar-refractivity contribution in [3.05, 3.63) is 29.6 Å². The summed E-state index contributed by atoms with van der Waals surface area (Å²) in [5, 5.41) is 10.5. The molecule has 2 rings (SSSR count). The lowest BCUT2D eigenvalue weighted by atomic mass is 10.3. The van der Waals surface area contributed by atoms with Gasteiger partial charge in [-0.1, -0.05) is 0 Å². The molecule has 0 fully saturated rings. The van der Waals surface area contributed by atoms with E-state index in [1.54, 1.807) is 0 Å². The Balaban J connectivity index is 2.58. The van der Waals surface area contributed by atoms with Gasteiger partial charge in [0.1, 0.15) is 5.69 Å². The first-order valence-corrected chi connectivity index (χ1v) is 4.16. The fraction of sp³-hybridized carbons (Fsp3) is 0.111. The summed E-state index contributed by atoms with van der Waals surface area (Å²) in [6.07, 6.45) is -4.55. The van der Waals surface area contributed by atoms with Gasteiger partial charge in [-0.2, -0.15) is 13.2 Å². The highest BCUT2D eigenvalue weighted by atomic mass is 19.4. The van der Waals surface area contributed by atoms with E-state index in [-0.39, 0.29) is 16.7 Å². The van der Waals surface area contributed by atoms with E-state index in [1.807, 2.05) is 0 Å². The smallest absolute Gasteiger partial charge is 0.433 e. The van der Waals surface area contributed by atoms with E-state index >= 15 is 0 Å². The van der Waals surface area contributed by atoms with E-state index < -0.39 is 17.8 Å². The predicted molar refractivity (Wildman–Crippen MR) is 45.4 cm³/mol. The van der Waals surface area contributed by atoms with Gasteiger partial charge in [-0.05, 0) is 18.2 Å². The van der Waals surface area contributed by atoms with Crippen molar-refractivity contribution in [2.24, 2.45) is 0 Å². The summed E-state index contributed by atoms with van der Waals surface area (Å²) in [5.74, 6) is -1.49. The second-order valence-electron chi connectivity index (χ2n) is 3.10. The minimum Gasteiger partial charge on any atom is -0.543 e. The van der Waals surface area contributed by atoms with Gasteiger partial charge in [-0.3, -0.25) is 0 Å². The van der Waals surface area contributed by atoms with Crippen LogP contribution in [0.4, 0.5) is 13.2 Å². The van der Waals surface area contributed by atoms with Crippen LogP contribution in [0, 0.1) is 0 Å². The van der Waals surface area contributed by atoms with Gasteiger partial charge in [0, 0.05) is 0 Å². The van der Waals surface area contributed by atoms with Crippen LogP contribution >= 0.6 is 0 Å². The molecule has 0 bridgehead atoms. The number of aromatic carboxylic acids is 1. The fourth-order valence-corrected chi connectivity index (χ4v) is 1.28. The molecule has 7 heteroatoms. The summed E-state index contributed by atoms with van der Waals surface area (Å²) in [7, 11) is 0. The molecule has 0 radical (unpaired) electrons. The standard InChI is InChI=1S/C9H5F3N2O2/c10-9(11,12)7-2-1-4-5(14-7)3-6(13-4)8(15)16/h1-3,13H,(H,15,16)/p-1. The maximum absolute atomic E-state index is 12.3. The lowest BCUT2D eigenvalue weighted by molar-refractivity contribution is -0.255. The van der Waals surface area contributed by atoms with Crippen molar-refractivity contribution in [1.29, 1.82) is 0 Å². The molecule has 0 amide bonds. The van der Waals surface area contributed by atoms with Gasteiger partial charge in [-0.25, -0.2) is 4.98 Å². The van der Waals surface area contributed by atoms with Crippen LogP contribution < -0.4 is 5.11 Å². The van der Waals surface area contributed by atoms with Gasteiger partial charge >= 0.3 is 6.18 Å². The highest BCUT2D eigenvalue weighted by molar-refractivity contribution is 5.91. The number of aromatic amines is 1. The second-order valence-corrected chi connectivity index (χ2v) is 3.10. The number of carboxylic acids is 1. The second kappa shape index (κ2) is 3.22. The molecule has 0 aliphatic rings. The predicted octanol–water partition coefficient (Wildman–Crippen LogP) is 0.945. The fourth-order valence-electron chi connectivity index (χ4n) is 1.28. The van der Waals surface area contributed by atoms with Crippen molar-refractivity contribution in [3.63, 3.8) is 0 Å². The Morgan fingerprint density at radius 2 is 2.06 bits per heavy atom. The molecule has 0 aromatic carbocycles. The Labute approximate surface area is 86.7 Å². The van der Waals surface area contributed by atoms with Crippen molar-refractivity contribution in [2.75, 3.05) is 0 Å². The first kappa shape index (κ1) is 10.5. The molecule has 1 N–H and O–H groups in total. The molecule has 16 heavy (non-hydrogen) atoms. The number of carbonyl (C=O) groups excluding carboxylic acids is 1. The normalized spacial score (nSPS) is 11.9. The average Bonchev–Trinajstić information content (AvgIpc) is 2.58. The molecule has 0 spiro atoms. The van der Waals surface area contributed by atoms with Crippen molar-refractivity contribution < 1.29 is 23.1 Å². The molecule has 84 valence electrons. The summed E-state index contributed by atoms with van der Waals surface area (Å²) < 4.78 is 36.8. The van der Waals surface area contributed by atoms with E-state index in [9.17, 15) is 23.1 Å². The third kappa shape index (κ3) is 1.71. The van der Waals surface area contributed by atoms with Crippen LogP contribution in [-0.4, -0.2) is 15.9 Å².